The number of hydrogen-bond acceptors (Lipinski definition) is 3. The molecule has 1 aliphatic carbocycles. The maximum atomic E-state index is 11.9. The molecular weight excluding hydrogens is 206 g/mol. The third-order valence-electron chi connectivity index (χ3n) is 2.69. The quantitative estimate of drug-likeness (QED) is 0.504. The number of methoxy groups -OCH3 is 1. The van der Waals surface area contributed by atoms with Gasteiger partial charge < -0.3 is 9.64 Å². The maximum Gasteiger partial charge on any atom is 0.310 e. The van der Waals surface area contributed by atoms with Crippen molar-refractivity contribution in [2.24, 2.45) is 11.8 Å². The molecule has 1 saturated carbocycles. The van der Waals surface area contributed by atoms with E-state index in [4.69, 9.17) is 0 Å². The molecule has 16 heavy (non-hydrogen) atoms. The van der Waals surface area contributed by atoms with Crippen LogP contribution in [-0.2, 0) is 14.3 Å². The highest BCUT2D eigenvalue weighted by Crippen LogP contribution is 2.31. The van der Waals surface area contributed by atoms with Crippen molar-refractivity contribution in [3.63, 3.8) is 0 Å². The Bertz CT molecular complexity index is 284. The highest BCUT2D eigenvalue weighted by molar-refractivity contribution is 5.82. The van der Waals surface area contributed by atoms with Gasteiger partial charge in [0.15, 0.2) is 0 Å². The molecule has 0 spiro atoms. The Kier molecular flexibility index (Phi) is 4.52. The Balaban J connectivity index is 2.52. The van der Waals surface area contributed by atoms with Crippen molar-refractivity contribution in [2.75, 3.05) is 20.2 Å². The number of rotatable bonds is 6. The summed E-state index contributed by atoms with van der Waals surface area (Å²) >= 11 is 0. The molecule has 0 N–H and O–H groups in total. The highest BCUT2D eigenvalue weighted by Gasteiger charge is 2.34. The van der Waals surface area contributed by atoms with E-state index in [9.17, 15) is 9.59 Å². The van der Waals surface area contributed by atoms with Crippen LogP contribution in [0.1, 0.15) is 19.8 Å². The summed E-state index contributed by atoms with van der Waals surface area (Å²) < 4.78 is 4.64. The van der Waals surface area contributed by atoms with Crippen LogP contribution in [0.15, 0.2) is 12.7 Å². The maximum absolute atomic E-state index is 11.9. The van der Waals surface area contributed by atoms with E-state index in [0.29, 0.717) is 13.1 Å². The van der Waals surface area contributed by atoms with Crippen LogP contribution < -0.4 is 0 Å². The van der Waals surface area contributed by atoms with Crippen molar-refractivity contribution in [1.29, 1.82) is 0 Å². The van der Waals surface area contributed by atoms with Gasteiger partial charge in [-0.25, -0.2) is 0 Å². The normalized spacial score (nSPS) is 16.4. The Labute approximate surface area is 96.3 Å². The predicted octanol–water partition coefficient (Wildman–Crippen LogP) is 1.22. The number of hydrogen-bond donors (Lipinski definition) is 0. The van der Waals surface area contributed by atoms with E-state index in [2.05, 4.69) is 11.3 Å². The fourth-order valence-electron chi connectivity index (χ4n) is 1.61. The first-order valence-electron chi connectivity index (χ1n) is 5.57. The first-order chi connectivity index (χ1) is 7.60. The first-order valence-corrected chi connectivity index (χ1v) is 5.57. The number of ether oxygens (including phenoxy) is 1. The minimum Gasteiger partial charge on any atom is -0.469 e. The Morgan fingerprint density at radius 2 is 2.19 bits per heavy atom. The minimum atomic E-state index is -0.285. The van der Waals surface area contributed by atoms with Crippen LogP contribution in [-0.4, -0.2) is 37.0 Å². The summed E-state index contributed by atoms with van der Waals surface area (Å²) in [5.74, 6) is -0.259. The highest BCUT2D eigenvalue weighted by atomic mass is 16.5. The molecule has 1 aliphatic rings. The van der Waals surface area contributed by atoms with Gasteiger partial charge in [-0.1, -0.05) is 13.0 Å². The monoisotopic (exact) mass is 225 g/mol. The molecule has 1 atom stereocenters. The zero-order chi connectivity index (χ0) is 12.1. The van der Waals surface area contributed by atoms with E-state index >= 15 is 0 Å². The standard InChI is InChI=1S/C12H19NO3/c1-4-7-13(11(14)10-5-6-10)8-9(2)12(15)16-3/h4,9-10H,1,5-8H2,2-3H3. The van der Waals surface area contributed by atoms with Crippen LogP contribution in [0, 0.1) is 11.8 Å². The summed E-state index contributed by atoms with van der Waals surface area (Å²) in [5, 5.41) is 0. The number of carbonyl (C=O) groups is 2. The molecule has 0 heterocycles. The van der Waals surface area contributed by atoms with E-state index < -0.39 is 0 Å². The van der Waals surface area contributed by atoms with Gasteiger partial charge in [-0.05, 0) is 12.8 Å². The molecule has 0 saturated heterocycles. The number of esters is 1. The zero-order valence-electron chi connectivity index (χ0n) is 9.94. The molecule has 90 valence electrons. The number of amides is 1. The summed E-state index contributed by atoms with van der Waals surface area (Å²) in [6.07, 6.45) is 3.63. The van der Waals surface area contributed by atoms with Gasteiger partial charge in [0.25, 0.3) is 0 Å². The molecule has 4 heteroatoms. The van der Waals surface area contributed by atoms with E-state index in [1.54, 1.807) is 17.9 Å². The fraction of sp³-hybridized carbons (Fsp3) is 0.667. The summed E-state index contributed by atoms with van der Waals surface area (Å²) in [7, 11) is 1.36. The molecular formula is C12H19NO3. The summed E-state index contributed by atoms with van der Waals surface area (Å²) in [6, 6.07) is 0. The molecule has 0 aliphatic heterocycles. The van der Waals surface area contributed by atoms with Gasteiger partial charge in [0.05, 0.1) is 13.0 Å². The second-order valence-electron chi connectivity index (χ2n) is 4.23. The van der Waals surface area contributed by atoms with Gasteiger partial charge >= 0.3 is 5.97 Å². The second-order valence-corrected chi connectivity index (χ2v) is 4.23. The van der Waals surface area contributed by atoms with Crippen molar-refractivity contribution >= 4 is 11.9 Å². The molecule has 4 nitrogen and oxygen atoms in total. The largest absolute Gasteiger partial charge is 0.469 e. The molecule has 1 amide bonds. The van der Waals surface area contributed by atoms with Gasteiger partial charge in [-0.15, -0.1) is 6.58 Å². The van der Waals surface area contributed by atoms with Gasteiger partial charge in [-0.3, -0.25) is 9.59 Å². The predicted molar refractivity (Wildman–Crippen MR) is 60.7 cm³/mol. The van der Waals surface area contributed by atoms with Crippen molar-refractivity contribution in [3.05, 3.63) is 12.7 Å². The molecule has 0 aromatic heterocycles. The van der Waals surface area contributed by atoms with Gasteiger partial charge in [0.2, 0.25) is 5.91 Å². The lowest BCUT2D eigenvalue weighted by Gasteiger charge is -2.23. The van der Waals surface area contributed by atoms with Gasteiger partial charge in [-0.2, -0.15) is 0 Å². The third kappa shape index (κ3) is 3.36. The molecule has 0 radical (unpaired) electrons. The number of nitrogens with zero attached hydrogens (tertiary/aromatic N) is 1. The zero-order valence-corrected chi connectivity index (χ0v) is 9.94. The van der Waals surface area contributed by atoms with Gasteiger partial charge in [0.1, 0.15) is 0 Å². The van der Waals surface area contributed by atoms with Crippen molar-refractivity contribution in [3.8, 4) is 0 Å². The Hall–Kier alpha value is -1.32. The second kappa shape index (κ2) is 5.68. The van der Waals surface area contributed by atoms with Crippen LogP contribution >= 0.6 is 0 Å². The van der Waals surface area contributed by atoms with Crippen LogP contribution in [0.5, 0.6) is 0 Å². The lowest BCUT2D eigenvalue weighted by atomic mass is 10.1. The first kappa shape index (κ1) is 12.7. The fourth-order valence-corrected chi connectivity index (χ4v) is 1.61. The molecule has 1 fully saturated rings. The van der Waals surface area contributed by atoms with Crippen LogP contribution in [0.2, 0.25) is 0 Å². The average molecular weight is 225 g/mol. The van der Waals surface area contributed by atoms with Crippen LogP contribution in [0.4, 0.5) is 0 Å². The average Bonchev–Trinajstić information content (AvgIpc) is 3.10. The minimum absolute atomic E-state index is 0.135. The SMILES string of the molecule is C=CCN(CC(C)C(=O)OC)C(=O)C1CC1. The van der Waals surface area contributed by atoms with Crippen molar-refractivity contribution in [1.82, 2.24) is 4.90 Å². The van der Waals surface area contributed by atoms with Crippen LogP contribution in [0.25, 0.3) is 0 Å². The molecule has 0 bridgehead atoms. The van der Waals surface area contributed by atoms with E-state index in [-0.39, 0.29) is 23.7 Å². The van der Waals surface area contributed by atoms with Crippen LogP contribution in [0.3, 0.4) is 0 Å². The lowest BCUT2D eigenvalue weighted by Crippen LogP contribution is -2.38. The summed E-state index contributed by atoms with van der Waals surface area (Å²) in [5.41, 5.74) is 0. The Morgan fingerprint density at radius 3 is 2.62 bits per heavy atom. The van der Waals surface area contributed by atoms with Gasteiger partial charge in [0, 0.05) is 19.0 Å². The Morgan fingerprint density at radius 1 is 1.56 bits per heavy atom. The summed E-state index contributed by atoms with van der Waals surface area (Å²) in [4.78, 5) is 24.8. The van der Waals surface area contributed by atoms with E-state index in [1.807, 2.05) is 0 Å². The summed E-state index contributed by atoms with van der Waals surface area (Å²) in [6.45, 7) is 6.30. The molecule has 1 unspecified atom stereocenters. The topological polar surface area (TPSA) is 46.6 Å². The molecule has 1 rings (SSSR count). The van der Waals surface area contributed by atoms with E-state index in [1.165, 1.54) is 7.11 Å². The smallest absolute Gasteiger partial charge is 0.310 e. The van der Waals surface area contributed by atoms with Crippen molar-refractivity contribution in [2.45, 2.75) is 19.8 Å². The lowest BCUT2D eigenvalue weighted by molar-refractivity contribution is -0.146. The number of carbonyl (C=O) groups excluding carboxylic acids is 2. The van der Waals surface area contributed by atoms with Crippen molar-refractivity contribution < 1.29 is 14.3 Å². The molecule has 0 aromatic carbocycles. The third-order valence-corrected chi connectivity index (χ3v) is 2.69. The van der Waals surface area contributed by atoms with E-state index in [0.717, 1.165) is 12.8 Å². The molecule has 0 aromatic rings.